The van der Waals surface area contributed by atoms with Crippen molar-refractivity contribution in [2.45, 2.75) is 44.8 Å². The highest BCUT2D eigenvalue weighted by Crippen LogP contribution is 2.32. The Kier molecular flexibility index (Phi) is 2.89. The van der Waals surface area contributed by atoms with E-state index in [9.17, 15) is 9.59 Å². The van der Waals surface area contributed by atoms with Gasteiger partial charge in [0.25, 0.3) is 0 Å². The minimum atomic E-state index is -0.637. The molecule has 2 fully saturated rings. The number of hydrogen-bond acceptors (Lipinski definition) is 4. The average Bonchev–Trinajstić information content (AvgIpc) is 2.75. The van der Waals surface area contributed by atoms with Crippen molar-refractivity contribution in [1.82, 2.24) is 10.2 Å². The number of nitrogens with zero attached hydrogens (tertiary/aromatic N) is 1. The zero-order chi connectivity index (χ0) is 12.7. The molecule has 1 amide bonds. The molecule has 0 aromatic carbocycles. The van der Waals surface area contributed by atoms with E-state index in [0.29, 0.717) is 25.9 Å². The fraction of sp³-hybridized carbons (Fsp3) is 0.833. The number of rotatable bonds is 0. The van der Waals surface area contributed by atoms with E-state index >= 15 is 0 Å². The van der Waals surface area contributed by atoms with Crippen LogP contribution in [0.5, 0.6) is 0 Å². The van der Waals surface area contributed by atoms with Crippen molar-refractivity contribution < 1.29 is 14.3 Å². The Balaban J connectivity index is 2.15. The van der Waals surface area contributed by atoms with Gasteiger partial charge in [0, 0.05) is 19.5 Å². The first-order valence-corrected chi connectivity index (χ1v) is 6.10. The van der Waals surface area contributed by atoms with Gasteiger partial charge in [-0.05, 0) is 33.7 Å². The van der Waals surface area contributed by atoms with E-state index in [4.69, 9.17) is 4.74 Å². The van der Waals surface area contributed by atoms with E-state index in [1.165, 1.54) is 0 Å². The van der Waals surface area contributed by atoms with Crippen LogP contribution >= 0.6 is 0 Å². The molecular weight excluding hydrogens is 220 g/mol. The number of hydrogen-bond donors (Lipinski definition) is 1. The fourth-order valence-corrected chi connectivity index (χ4v) is 2.54. The lowest BCUT2D eigenvalue weighted by atomic mass is 9.94. The highest BCUT2D eigenvalue weighted by Gasteiger charge is 2.53. The van der Waals surface area contributed by atoms with Crippen LogP contribution in [0.3, 0.4) is 0 Å². The first kappa shape index (κ1) is 12.4. The van der Waals surface area contributed by atoms with Gasteiger partial charge in [0.1, 0.15) is 11.1 Å². The summed E-state index contributed by atoms with van der Waals surface area (Å²) in [6, 6.07) is 0. The minimum Gasteiger partial charge on any atom is -0.444 e. The normalized spacial score (nSPS) is 29.1. The smallest absolute Gasteiger partial charge is 0.411 e. The Hall–Kier alpha value is -1.10. The molecule has 2 rings (SSSR count). The minimum absolute atomic E-state index is 0.161. The maximum absolute atomic E-state index is 12.1. The van der Waals surface area contributed by atoms with Crippen molar-refractivity contribution in [3.63, 3.8) is 0 Å². The first-order valence-electron chi connectivity index (χ1n) is 6.10. The number of nitrogens with one attached hydrogen (secondary N) is 1. The molecule has 1 N–H and O–H groups in total. The average molecular weight is 240 g/mol. The van der Waals surface area contributed by atoms with E-state index in [1.54, 1.807) is 4.90 Å². The Morgan fingerprint density at radius 2 is 2.18 bits per heavy atom. The van der Waals surface area contributed by atoms with Gasteiger partial charge in [0.15, 0.2) is 5.78 Å². The molecule has 5 nitrogen and oxygen atoms in total. The number of carbonyl (C=O) groups is 2. The van der Waals surface area contributed by atoms with Gasteiger partial charge in [-0.3, -0.25) is 9.69 Å². The van der Waals surface area contributed by atoms with Crippen LogP contribution in [0.4, 0.5) is 4.79 Å². The monoisotopic (exact) mass is 240 g/mol. The third-order valence-corrected chi connectivity index (χ3v) is 3.34. The van der Waals surface area contributed by atoms with Gasteiger partial charge in [-0.15, -0.1) is 0 Å². The van der Waals surface area contributed by atoms with Gasteiger partial charge in [-0.2, -0.15) is 0 Å². The molecule has 0 aliphatic carbocycles. The number of Topliss-reactive ketones (excluding diaryl/α,β-unsaturated/α-hetero) is 1. The van der Waals surface area contributed by atoms with Crippen molar-refractivity contribution in [3.8, 4) is 0 Å². The number of ether oxygens (including phenoxy) is 1. The maximum atomic E-state index is 12.1. The summed E-state index contributed by atoms with van der Waals surface area (Å²) >= 11 is 0. The van der Waals surface area contributed by atoms with E-state index in [0.717, 1.165) is 6.54 Å². The van der Waals surface area contributed by atoms with Crippen LogP contribution in [0, 0.1) is 0 Å². The second kappa shape index (κ2) is 3.98. The van der Waals surface area contributed by atoms with Gasteiger partial charge in [-0.1, -0.05) is 0 Å². The molecule has 2 aliphatic rings. The van der Waals surface area contributed by atoms with Crippen LogP contribution in [0.25, 0.3) is 0 Å². The van der Waals surface area contributed by atoms with Crippen molar-refractivity contribution in [2.75, 3.05) is 19.6 Å². The summed E-state index contributed by atoms with van der Waals surface area (Å²) in [6.07, 6.45) is 0.776. The molecule has 1 atom stereocenters. The summed E-state index contributed by atoms with van der Waals surface area (Å²) in [6.45, 7) is 7.33. The zero-order valence-corrected chi connectivity index (χ0v) is 10.7. The Morgan fingerprint density at radius 1 is 1.47 bits per heavy atom. The summed E-state index contributed by atoms with van der Waals surface area (Å²) in [5.41, 5.74) is -1.15. The Bertz CT molecular complexity index is 340. The molecule has 17 heavy (non-hydrogen) atoms. The van der Waals surface area contributed by atoms with Crippen molar-refractivity contribution in [2.24, 2.45) is 0 Å². The summed E-state index contributed by atoms with van der Waals surface area (Å²) in [5.74, 6) is 0.161. The van der Waals surface area contributed by atoms with E-state index in [-0.39, 0.29) is 11.9 Å². The Labute approximate surface area is 101 Å². The quantitative estimate of drug-likeness (QED) is 0.684. The van der Waals surface area contributed by atoms with Crippen molar-refractivity contribution >= 4 is 11.9 Å². The van der Waals surface area contributed by atoms with Crippen LogP contribution in [0.2, 0.25) is 0 Å². The van der Waals surface area contributed by atoms with Crippen LogP contribution in [-0.4, -0.2) is 47.6 Å². The molecule has 0 aromatic rings. The van der Waals surface area contributed by atoms with Gasteiger partial charge in [-0.25, -0.2) is 4.79 Å². The molecule has 5 heteroatoms. The van der Waals surface area contributed by atoms with E-state index in [2.05, 4.69) is 5.32 Å². The third kappa shape index (κ3) is 2.16. The summed E-state index contributed by atoms with van der Waals surface area (Å²) < 4.78 is 5.36. The van der Waals surface area contributed by atoms with Crippen LogP contribution < -0.4 is 5.32 Å². The number of ketones is 1. The van der Waals surface area contributed by atoms with Gasteiger partial charge in [0.2, 0.25) is 0 Å². The number of carbonyl (C=O) groups excluding carboxylic acids is 2. The lowest BCUT2D eigenvalue weighted by Gasteiger charge is -2.34. The summed E-state index contributed by atoms with van der Waals surface area (Å²) in [7, 11) is 0. The fourth-order valence-electron chi connectivity index (χ4n) is 2.54. The molecule has 0 bridgehead atoms. The zero-order valence-electron chi connectivity index (χ0n) is 10.7. The first-order chi connectivity index (χ1) is 7.85. The highest BCUT2D eigenvalue weighted by molar-refractivity contribution is 5.95. The molecule has 0 aromatic heterocycles. The second-order valence-corrected chi connectivity index (χ2v) is 5.76. The lowest BCUT2D eigenvalue weighted by molar-refractivity contribution is -0.124. The molecule has 0 saturated carbocycles. The van der Waals surface area contributed by atoms with E-state index < -0.39 is 11.1 Å². The molecule has 96 valence electrons. The molecule has 0 radical (unpaired) electrons. The molecule has 1 unspecified atom stereocenters. The van der Waals surface area contributed by atoms with Crippen molar-refractivity contribution in [1.29, 1.82) is 0 Å². The molecule has 1 spiro atoms. The summed E-state index contributed by atoms with van der Waals surface area (Å²) in [4.78, 5) is 25.7. The topological polar surface area (TPSA) is 58.6 Å². The second-order valence-electron chi connectivity index (χ2n) is 5.76. The molecule has 2 heterocycles. The SMILES string of the molecule is CC(C)(C)OC(=O)N1CCC(=O)C12CCNC2. The lowest BCUT2D eigenvalue weighted by Crippen LogP contribution is -2.53. The van der Waals surface area contributed by atoms with Gasteiger partial charge in [0.05, 0.1) is 0 Å². The molecule has 2 saturated heterocycles. The third-order valence-electron chi connectivity index (χ3n) is 3.34. The van der Waals surface area contributed by atoms with Gasteiger partial charge < -0.3 is 10.1 Å². The number of amides is 1. The molecule has 2 aliphatic heterocycles. The van der Waals surface area contributed by atoms with Crippen LogP contribution in [0.15, 0.2) is 0 Å². The number of likely N-dealkylation sites (tertiary alicyclic amines) is 1. The van der Waals surface area contributed by atoms with Crippen molar-refractivity contribution in [3.05, 3.63) is 0 Å². The van der Waals surface area contributed by atoms with Crippen LogP contribution in [0.1, 0.15) is 33.6 Å². The van der Waals surface area contributed by atoms with Gasteiger partial charge >= 0.3 is 6.09 Å². The van der Waals surface area contributed by atoms with E-state index in [1.807, 2.05) is 20.8 Å². The maximum Gasteiger partial charge on any atom is 0.411 e. The Morgan fingerprint density at radius 3 is 2.71 bits per heavy atom. The predicted octanol–water partition coefficient (Wildman–Crippen LogP) is 0.928. The largest absolute Gasteiger partial charge is 0.444 e. The van der Waals surface area contributed by atoms with Crippen LogP contribution in [-0.2, 0) is 9.53 Å². The predicted molar refractivity (Wildman–Crippen MR) is 62.8 cm³/mol. The molecular formula is C12H20N2O3. The summed E-state index contributed by atoms with van der Waals surface area (Å²) in [5, 5.41) is 3.16. The highest BCUT2D eigenvalue weighted by atomic mass is 16.6. The standard InChI is InChI=1S/C12H20N2O3/c1-11(2,3)17-10(16)14-7-4-9(15)12(14)5-6-13-8-12/h13H,4-8H2,1-3H3.